The van der Waals surface area contributed by atoms with Crippen molar-refractivity contribution in [2.45, 2.75) is 116 Å². The number of hydrogen-bond acceptors (Lipinski definition) is 3. The van der Waals surface area contributed by atoms with Crippen LogP contribution in [0.15, 0.2) is 0 Å². The van der Waals surface area contributed by atoms with Gasteiger partial charge in [0.2, 0.25) is 0 Å². The van der Waals surface area contributed by atoms with Crippen LogP contribution in [-0.4, -0.2) is 30.4 Å². The fraction of sp³-hybridized carbons (Fsp3) is 1.00. The van der Waals surface area contributed by atoms with Crippen molar-refractivity contribution < 1.29 is 18.1 Å². The fourth-order valence-corrected chi connectivity index (χ4v) is 3.79. The maximum absolute atomic E-state index is 10.6. The quantitative estimate of drug-likeness (QED) is 0.205. The smallest absolute Gasteiger partial charge is 0.264 e. The Morgan fingerprint density at radius 3 is 0.920 bits per heavy atom. The molecule has 0 bridgehead atoms. The Kier molecular flexibility index (Phi) is 18.6. The van der Waals surface area contributed by atoms with E-state index < -0.39 is 10.1 Å². The maximum atomic E-state index is 10.6. The van der Waals surface area contributed by atoms with Crippen molar-refractivity contribution in [3.63, 3.8) is 0 Å². The maximum Gasteiger partial charge on any atom is 0.264 e. The molecule has 0 aliphatic rings. The third-order valence-corrected chi connectivity index (χ3v) is 5.61. The van der Waals surface area contributed by atoms with Crippen molar-refractivity contribution in [1.29, 1.82) is 0 Å². The molecule has 0 aromatic rings. The molecule has 0 unspecified atom stereocenters. The van der Waals surface area contributed by atoms with Crippen LogP contribution >= 0.6 is 0 Å². The van der Waals surface area contributed by atoms with Crippen LogP contribution in [0, 0.1) is 0 Å². The summed E-state index contributed by atoms with van der Waals surface area (Å²) in [6.07, 6.45) is 22.0. The summed E-state index contributed by atoms with van der Waals surface area (Å²) in [5.74, 6) is -0.0866. The van der Waals surface area contributed by atoms with Gasteiger partial charge in [-0.25, -0.2) is 0 Å². The largest absolute Gasteiger partial charge is 0.396 e. The highest BCUT2D eigenvalue weighted by atomic mass is 32.2. The first-order valence-corrected chi connectivity index (χ1v) is 12.2. The topological polar surface area (TPSA) is 74.6 Å². The van der Waals surface area contributed by atoms with Crippen LogP contribution in [0.4, 0.5) is 0 Å². The molecule has 0 atom stereocenters. The average molecular weight is 379 g/mol. The molecule has 0 aliphatic heterocycles. The van der Waals surface area contributed by atoms with Crippen molar-refractivity contribution in [1.82, 2.24) is 0 Å². The molecular weight excluding hydrogens is 336 g/mol. The molecule has 2 N–H and O–H groups in total. The Morgan fingerprint density at radius 2 is 0.680 bits per heavy atom. The zero-order valence-corrected chi connectivity index (χ0v) is 17.1. The first-order chi connectivity index (χ1) is 12.1. The second-order valence-electron chi connectivity index (χ2n) is 7.37. The molecule has 152 valence electrons. The summed E-state index contributed by atoms with van der Waals surface area (Å²) in [6, 6.07) is 0. The molecule has 4 nitrogen and oxygen atoms in total. The molecule has 0 spiro atoms. The monoisotopic (exact) mass is 378 g/mol. The molecule has 0 fully saturated rings. The van der Waals surface area contributed by atoms with Gasteiger partial charge in [0.1, 0.15) is 0 Å². The molecule has 5 heteroatoms. The Labute approximate surface area is 156 Å². The second-order valence-corrected chi connectivity index (χ2v) is 8.95. The van der Waals surface area contributed by atoms with E-state index in [1.165, 1.54) is 89.9 Å². The summed E-state index contributed by atoms with van der Waals surface area (Å²) in [5.41, 5.74) is 0. The van der Waals surface area contributed by atoms with Crippen LogP contribution in [0.3, 0.4) is 0 Å². The lowest BCUT2D eigenvalue weighted by Gasteiger charge is -2.04. The minimum atomic E-state index is -3.76. The fourth-order valence-electron chi connectivity index (χ4n) is 3.22. The van der Waals surface area contributed by atoms with Gasteiger partial charge in [-0.15, -0.1) is 0 Å². The van der Waals surface area contributed by atoms with E-state index in [1.54, 1.807) is 0 Å². The Balaban J connectivity index is 3.03. The summed E-state index contributed by atoms with van der Waals surface area (Å²) in [6.45, 7) is 0.344. The lowest BCUT2D eigenvalue weighted by molar-refractivity contribution is 0.282. The van der Waals surface area contributed by atoms with E-state index >= 15 is 0 Å². The Bertz CT molecular complexity index is 355. The van der Waals surface area contributed by atoms with E-state index in [0.29, 0.717) is 13.0 Å². The summed E-state index contributed by atoms with van der Waals surface area (Å²) in [4.78, 5) is 0. The number of hydrogen-bond donors (Lipinski definition) is 2. The van der Waals surface area contributed by atoms with Gasteiger partial charge in [-0.05, 0) is 12.8 Å². The molecule has 0 aromatic carbocycles. The van der Waals surface area contributed by atoms with Gasteiger partial charge < -0.3 is 5.11 Å². The molecule has 0 rings (SSSR count). The van der Waals surface area contributed by atoms with Crippen LogP contribution in [0.5, 0.6) is 0 Å². The normalized spacial score (nSPS) is 11.9. The molecule has 0 heterocycles. The third kappa shape index (κ3) is 23.9. The third-order valence-electron chi connectivity index (χ3n) is 4.81. The number of aliphatic hydroxyl groups is 1. The van der Waals surface area contributed by atoms with Crippen molar-refractivity contribution in [2.75, 3.05) is 12.4 Å². The van der Waals surface area contributed by atoms with Crippen LogP contribution in [0.25, 0.3) is 0 Å². The zero-order valence-electron chi connectivity index (χ0n) is 16.3. The SMILES string of the molecule is O=S(=O)(O)CCCCCCCCCCCCCCCCCCCCO. The molecule has 0 saturated heterocycles. The van der Waals surface area contributed by atoms with Crippen LogP contribution in [0.2, 0.25) is 0 Å². The number of aliphatic hydroxyl groups excluding tert-OH is 1. The Hall–Kier alpha value is -0.130. The second kappa shape index (κ2) is 18.7. The van der Waals surface area contributed by atoms with Crippen molar-refractivity contribution in [2.24, 2.45) is 0 Å². The minimum Gasteiger partial charge on any atom is -0.396 e. The van der Waals surface area contributed by atoms with Crippen LogP contribution in [-0.2, 0) is 10.1 Å². The summed E-state index contributed by atoms with van der Waals surface area (Å²) in [7, 11) is -3.76. The number of unbranched alkanes of at least 4 members (excludes halogenated alkanes) is 17. The van der Waals surface area contributed by atoms with Crippen LogP contribution < -0.4 is 0 Å². The highest BCUT2D eigenvalue weighted by molar-refractivity contribution is 7.85. The van der Waals surface area contributed by atoms with E-state index in [1.807, 2.05) is 0 Å². The Morgan fingerprint density at radius 1 is 0.440 bits per heavy atom. The van der Waals surface area contributed by atoms with Gasteiger partial charge in [0.15, 0.2) is 0 Å². The molecule has 0 aliphatic carbocycles. The molecule has 25 heavy (non-hydrogen) atoms. The van der Waals surface area contributed by atoms with Crippen LogP contribution in [0.1, 0.15) is 116 Å². The van der Waals surface area contributed by atoms with E-state index in [4.69, 9.17) is 9.66 Å². The molecule has 0 radical (unpaired) electrons. The summed E-state index contributed by atoms with van der Waals surface area (Å²) >= 11 is 0. The molecule has 0 amide bonds. The van der Waals surface area contributed by atoms with Gasteiger partial charge in [-0.2, -0.15) is 8.42 Å². The first-order valence-electron chi connectivity index (χ1n) is 10.6. The molecule has 0 saturated carbocycles. The lowest BCUT2D eigenvalue weighted by Crippen LogP contribution is -2.03. The highest BCUT2D eigenvalue weighted by Crippen LogP contribution is 2.14. The van der Waals surface area contributed by atoms with E-state index in [9.17, 15) is 8.42 Å². The average Bonchev–Trinajstić information content (AvgIpc) is 2.56. The van der Waals surface area contributed by atoms with Gasteiger partial charge >= 0.3 is 0 Å². The standard InChI is InChI=1S/C20H42O4S/c21-19-17-15-13-11-9-7-5-3-1-2-4-6-8-10-12-14-16-18-20-25(22,23)24/h21H,1-20H2,(H,22,23,24). The van der Waals surface area contributed by atoms with E-state index in [2.05, 4.69) is 0 Å². The first kappa shape index (κ1) is 24.9. The van der Waals surface area contributed by atoms with Gasteiger partial charge in [-0.1, -0.05) is 103 Å². The van der Waals surface area contributed by atoms with Gasteiger partial charge in [0.25, 0.3) is 10.1 Å². The van der Waals surface area contributed by atoms with Crippen molar-refractivity contribution in [3.05, 3.63) is 0 Å². The van der Waals surface area contributed by atoms with Gasteiger partial charge in [-0.3, -0.25) is 4.55 Å². The predicted octanol–water partition coefficient (Wildman–Crippen LogP) is 5.89. The minimum absolute atomic E-state index is 0.0866. The van der Waals surface area contributed by atoms with Gasteiger partial charge in [0, 0.05) is 6.61 Å². The highest BCUT2D eigenvalue weighted by Gasteiger charge is 2.02. The van der Waals surface area contributed by atoms with Crippen molar-refractivity contribution in [3.8, 4) is 0 Å². The summed E-state index contributed by atoms with van der Waals surface area (Å²) < 4.78 is 29.7. The summed E-state index contributed by atoms with van der Waals surface area (Å²) in [5, 5.41) is 8.70. The lowest BCUT2D eigenvalue weighted by atomic mass is 10.0. The predicted molar refractivity (Wildman–Crippen MR) is 107 cm³/mol. The van der Waals surface area contributed by atoms with E-state index in [-0.39, 0.29) is 5.75 Å². The van der Waals surface area contributed by atoms with Gasteiger partial charge in [0.05, 0.1) is 5.75 Å². The number of rotatable bonds is 20. The van der Waals surface area contributed by atoms with E-state index in [0.717, 1.165) is 19.3 Å². The van der Waals surface area contributed by atoms with Crippen molar-refractivity contribution >= 4 is 10.1 Å². The zero-order chi connectivity index (χ0) is 18.6. The molecule has 0 aromatic heterocycles. The molecular formula is C20H42O4S.